The van der Waals surface area contributed by atoms with Crippen LogP contribution in [0.3, 0.4) is 0 Å². The lowest BCUT2D eigenvalue weighted by atomic mass is 10.1. The number of hydrazone groups is 1. The number of methoxy groups -OCH3 is 1. The van der Waals surface area contributed by atoms with Crippen LogP contribution in [0.2, 0.25) is 0 Å². The van der Waals surface area contributed by atoms with Crippen LogP contribution in [-0.2, 0) is 10.1 Å². The smallest absolute Gasteiger partial charge is 0.339 e. The molecule has 0 bridgehead atoms. The van der Waals surface area contributed by atoms with Gasteiger partial charge in [-0.05, 0) is 88.2 Å². The highest BCUT2D eigenvalue weighted by Gasteiger charge is 2.18. The molecule has 0 saturated carbocycles. The largest absolute Gasteiger partial charge is 0.497 e. The number of nitrogens with zero attached hydrogens (tertiary/aromatic N) is 2. The molecule has 0 aliphatic rings. The molecule has 0 radical (unpaired) electrons. The maximum Gasteiger partial charge on any atom is 0.339 e. The zero-order valence-electron chi connectivity index (χ0n) is 18.5. The predicted octanol–water partition coefficient (Wildman–Crippen LogP) is 4.78. The van der Waals surface area contributed by atoms with Crippen molar-refractivity contribution >= 4 is 38.2 Å². The fourth-order valence-corrected chi connectivity index (χ4v) is 4.72. The summed E-state index contributed by atoms with van der Waals surface area (Å²) in [5.41, 5.74) is 4.33. The summed E-state index contributed by atoms with van der Waals surface area (Å²) in [6.45, 7) is 0. The number of ether oxygens (including phenoxy) is 1. The second-order valence-corrected chi connectivity index (χ2v) is 9.61. The van der Waals surface area contributed by atoms with Gasteiger partial charge < -0.3 is 13.5 Å². The Labute approximate surface area is 211 Å². The average molecular weight is 554 g/mol. The van der Waals surface area contributed by atoms with Gasteiger partial charge in [-0.25, -0.2) is 5.43 Å². The number of halogens is 1. The van der Waals surface area contributed by atoms with E-state index in [1.54, 1.807) is 24.3 Å². The van der Waals surface area contributed by atoms with Crippen LogP contribution in [-0.4, -0.2) is 32.2 Å². The summed E-state index contributed by atoms with van der Waals surface area (Å²) < 4.78 is 37.7. The number of hydrogen-bond acceptors (Lipinski definition) is 6. The van der Waals surface area contributed by atoms with Crippen molar-refractivity contribution in [3.05, 3.63) is 107 Å². The van der Waals surface area contributed by atoms with Crippen LogP contribution < -0.4 is 14.3 Å². The van der Waals surface area contributed by atoms with Crippen molar-refractivity contribution in [3.8, 4) is 17.2 Å². The summed E-state index contributed by atoms with van der Waals surface area (Å²) in [5, 5.41) is 4.02. The van der Waals surface area contributed by atoms with E-state index >= 15 is 0 Å². The maximum atomic E-state index is 12.7. The minimum absolute atomic E-state index is 0.00116. The number of benzene rings is 3. The lowest BCUT2D eigenvalue weighted by Gasteiger charge is -2.10. The van der Waals surface area contributed by atoms with E-state index in [1.165, 1.54) is 43.7 Å². The SMILES string of the molecule is COc1ccc(S(=O)(=O)Oc2ccc(/C=N\NC(=O)c3ccccc3-n3cccc3)cc2Br)cc1. The normalized spacial score (nSPS) is 11.4. The fraction of sp³-hybridized carbons (Fsp3) is 0.0400. The van der Waals surface area contributed by atoms with Crippen molar-refractivity contribution in [2.24, 2.45) is 5.10 Å². The molecule has 0 aliphatic carbocycles. The highest BCUT2D eigenvalue weighted by Crippen LogP contribution is 2.29. The summed E-state index contributed by atoms with van der Waals surface area (Å²) in [6.07, 6.45) is 5.15. The van der Waals surface area contributed by atoms with Crippen molar-refractivity contribution in [1.29, 1.82) is 0 Å². The summed E-state index contributed by atoms with van der Waals surface area (Å²) in [4.78, 5) is 12.7. The summed E-state index contributed by atoms with van der Waals surface area (Å²) >= 11 is 3.32. The van der Waals surface area contributed by atoms with E-state index in [2.05, 4.69) is 26.5 Å². The van der Waals surface area contributed by atoms with Gasteiger partial charge in [0.2, 0.25) is 0 Å². The predicted molar refractivity (Wildman–Crippen MR) is 136 cm³/mol. The topological polar surface area (TPSA) is 99.0 Å². The molecule has 0 spiro atoms. The third-order valence-electron chi connectivity index (χ3n) is 4.91. The van der Waals surface area contributed by atoms with Crippen molar-refractivity contribution in [1.82, 2.24) is 9.99 Å². The number of carbonyl (C=O) groups is 1. The molecule has 178 valence electrons. The molecule has 1 heterocycles. The second kappa shape index (κ2) is 10.6. The molecular weight excluding hydrogens is 534 g/mol. The van der Waals surface area contributed by atoms with E-state index < -0.39 is 10.1 Å². The maximum absolute atomic E-state index is 12.7. The van der Waals surface area contributed by atoms with Gasteiger partial charge in [0.05, 0.1) is 29.0 Å². The molecule has 0 saturated heterocycles. The molecule has 0 atom stereocenters. The summed E-state index contributed by atoms with van der Waals surface area (Å²) in [7, 11) is -2.54. The Morgan fingerprint density at radius 1 is 1.00 bits per heavy atom. The summed E-state index contributed by atoms with van der Waals surface area (Å²) in [5.74, 6) is 0.284. The number of para-hydroxylation sites is 1. The van der Waals surface area contributed by atoms with Gasteiger partial charge in [0.15, 0.2) is 5.75 Å². The first-order valence-electron chi connectivity index (χ1n) is 10.3. The first kappa shape index (κ1) is 24.2. The van der Waals surface area contributed by atoms with Crippen LogP contribution in [0, 0.1) is 0 Å². The lowest BCUT2D eigenvalue weighted by Crippen LogP contribution is -2.19. The van der Waals surface area contributed by atoms with Crippen LogP contribution in [0.1, 0.15) is 15.9 Å². The van der Waals surface area contributed by atoms with Crippen LogP contribution in [0.4, 0.5) is 0 Å². The standard InChI is InChI=1S/C25H20BrN3O5S/c1-33-19-9-11-20(12-10-19)35(31,32)34-24-13-8-18(16-22(24)26)17-27-28-25(30)21-6-2-3-7-23(21)29-14-4-5-15-29/h2-17H,1H3,(H,28,30)/b27-17-. The van der Waals surface area contributed by atoms with Crippen molar-refractivity contribution in [2.45, 2.75) is 4.90 Å². The van der Waals surface area contributed by atoms with Crippen LogP contribution in [0.15, 0.2) is 106 Å². The van der Waals surface area contributed by atoms with E-state index in [-0.39, 0.29) is 16.6 Å². The Balaban J connectivity index is 1.44. The average Bonchev–Trinajstić information content (AvgIpc) is 3.40. The lowest BCUT2D eigenvalue weighted by molar-refractivity contribution is 0.0955. The number of carbonyl (C=O) groups excluding carboxylic acids is 1. The zero-order chi connectivity index (χ0) is 24.8. The van der Waals surface area contributed by atoms with E-state index in [4.69, 9.17) is 8.92 Å². The fourth-order valence-electron chi connectivity index (χ4n) is 3.19. The van der Waals surface area contributed by atoms with Crippen molar-refractivity contribution in [3.63, 3.8) is 0 Å². The number of nitrogens with one attached hydrogen (secondary N) is 1. The molecule has 35 heavy (non-hydrogen) atoms. The van der Waals surface area contributed by atoms with Crippen LogP contribution in [0.25, 0.3) is 5.69 Å². The van der Waals surface area contributed by atoms with E-state index in [1.807, 2.05) is 41.2 Å². The molecule has 1 N–H and O–H groups in total. The molecular formula is C25H20BrN3O5S. The molecule has 10 heteroatoms. The molecule has 1 amide bonds. The number of hydrogen-bond donors (Lipinski definition) is 1. The zero-order valence-corrected chi connectivity index (χ0v) is 20.9. The Bertz CT molecular complexity index is 1470. The quantitative estimate of drug-likeness (QED) is 0.192. The summed E-state index contributed by atoms with van der Waals surface area (Å²) in [6, 6.07) is 21.6. The minimum Gasteiger partial charge on any atom is -0.497 e. The Kier molecular flexibility index (Phi) is 7.33. The Morgan fingerprint density at radius 2 is 1.71 bits per heavy atom. The molecule has 4 aromatic rings. The highest BCUT2D eigenvalue weighted by atomic mass is 79.9. The van der Waals surface area contributed by atoms with Gasteiger partial charge in [-0.2, -0.15) is 13.5 Å². The van der Waals surface area contributed by atoms with Gasteiger partial charge in [-0.15, -0.1) is 0 Å². The molecule has 8 nitrogen and oxygen atoms in total. The molecule has 0 fully saturated rings. The second-order valence-electron chi connectivity index (χ2n) is 7.21. The highest BCUT2D eigenvalue weighted by molar-refractivity contribution is 9.10. The molecule has 0 unspecified atom stereocenters. The first-order chi connectivity index (χ1) is 16.9. The van der Waals surface area contributed by atoms with Gasteiger partial charge in [0.25, 0.3) is 5.91 Å². The Hall–Kier alpha value is -3.89. The molecule has 4 rings (SSSR count). The van der Waals surface area contributed by atoms with Gasteiger partial charge in [0.1, 0.15) is 10.6 Å². The number of amides is 1. The van der Waals surface area contributed by atoms with E-state index in [9.17, 15) is 13.2 Å². The molecule has 3 aromatic carbocycles. The third-order valence-corrected chi connectivity index (χ3v) is 6.78. The molecule has 0 aliphatic heterocycles. The van der Waals surface area contributed by atoms with Gasteiger partial charge >= 0.3 is 10.1 Å². The van der Waals surface area contributed by atoms with Gasteiger partial charge in [-0.1, -0.05) is 12.1 Å². The number of aromatic nitrogens is 1. The van der Waals surface area contributed by atoms with Crippen LogP contribution >= 0.6 is 15.9 Å². The third kappa shape index (κ3) is 5.79. The van der Waals surface area contributed by atoms with E-state index in [0.29, 0.717) is 21.3 Å². The Morgan fingerprint density at radius 3 is 2.40 bits per heavy atom. The van der Waals surface area contributed by atoms with Crippen molar-refractivity contribution < 1.29 is 22.1 Å². The van der Waals surface area contributed by atoms with Gasteiger partial charge in [0, 0.05) is 12.4 Å². The van der Waals surface area contributed by atoms with Crippen molar-refractivity contribution in [2.75, 3.05) is 7.11 Å². The monoisotopic (exact) mass is 553 g/mol. The van der Waals surface area contributed by atoms with Crippen LogP contribution in [0.5, 0.6) is 11.5 Å². The number of rotatable bonds is 8. The first-order valence-corrected chi connectivity index (χ1v) is 12.5. The van der Waals surface area contributed by atoms with E-state index in [0.717, 1.165) is 5.69 Å². The van der Waals surface area contributed by atoms with Gasteiger partial charge in [-0.3, -0.25) is 4.79 Å². The minimum atomic E-state index is -4.03. The molecule has 1 aromatic heterocycles.